The van der Waals surface area contributed by atoms with Gasteiger partial charge < -0.3 is 15.8 Å². The van der Waals surface area contributed by atoms with Crippen LogP contribution >= 0.6 is 11.3 Å². The minimum absolute atomic E-state index is 0.206. The van der Waals surface area contributed by atoms with E-state index in [2.05, 4.69) is 16.9 Å². The summed E-state index contributed by atoms with van der Waals surface area (Å²) in [7, 11) is 1.62. The van der Waals surface area contributed by atoms with Crippen LogP contribution in [0.5, 0.6) is 5.75 Å². The molecule has 22 heavy (non-hydrogen) atoms. The topological polar surface area (TPSA) is 77.2 Å². The van der Waals surface area contributed by atoms with Gasteiger partial charge in [0.2, 0.25) is 0 Å². The van der Waals surface area contributed by atoms with E-state index in [4.69, 9.17) is 10.5 Å². The summed E-state index contributed by atoms with van der Waals surface area (Å²) in [5.41, 5.74) is 7.39. The largest absolute Gasteiger partial charge is 0.497 e. The molecule has 0 unspecified atom stereocenters. The number of hydrogen-bond donors (Lipinski definition) is 2. The highest BCUT2D eigenvalue weighted by molar-refractivity contribution is 7.21. The van der Waals surface area contributed by atoms with Crippen molar-refractivity contribution in [2.75, 3.05) is 19.4 Å². The van der Waals surface area contributed by atoms with Crippen LogP contribution in [0.15, 0.2) is 36.9 Å². The van der Waals surface area contributed by atoms with E-state index in [1.54, 1.807) is 13.2 Å². The Morgan fingerprint density at radius 3 is 3.05 bits per heavy atom. The van der Waals surface area contributed by atoms with Crippen molar-refractivity contribution < 1.29 is 9.53 Å². The van der Waals surface area contributed by atoms with Crippen LogP contribution < -0.4 is 15.8 Å². The molecule has 0 aliphatic rings. The van der Waals surface area contributed by atoms with E-state index in [0.717, 1.165) is 26.9 Å². The Bertz CT molecular complexity index is 886. The predicted molar refractivity (Wildman–Crippen MR) is 90.6 cm³/mol. The van der Waals surface area contributed by atoms with Gasteiger partial charge in [0.1, 0.15) is 15.5 Å². The van der Waals surface area contributed by atoms with Gasteiger partial charge in [0.05, 0.1) is 18.3 Å². The zero-order valence-corrected chi connectivity index (χ0v) is 12.9. The molecule has 3 N–H and O–H groups in total. The van der Waals surface area contributed by atoms with Crippen LogP contribution in [-0.4, -0.2) is 24.5 Å². The number of nitrogen functional groups attached to an aromatic ring is 1. The van der Waals surface area contributed by atoms with Gasteiger partial charge in [0.15, 0.2) is 0 Å². The molecule has 0 saturated heterocycles. The van der Waals surface area contributed by atoms with Crippen molar-refractivity contribution in [3.05, 3.63) is 41.8 Å². The van der Waals surface area contributed by atoms with Crippen molar-refractivity contribution in [2.45, 2.75) is 0 Å². The third kappa shape index (κ3) is 2.37. The summed E-state index contributed by atoms with van der Waals surface area (Å²) in [4.78, 5) is 17.9. The van der Waals surface area contributed by atoms with Gasteiger partial charge in [-0.1, -0.05) is 6.08 Å². The number of nitrogens with one attached hydrogen (secondary N) is 1. The minimum Gasteiger partial charge on any atom is -0.497 e. The number of carbonyl (C=O) groups is 1. The molecule has 0 aliphatic carbocycles. The molecule has 1 amide bonds. The molecule has 6 heteroatoms. The Labute approximate surface area is 131 Å². The van der Waals surface area contributed by atoms with Crippen molar-refractivity contribution >= 4 is 44.1 Å². The number of hydrogen-bond acceptors (Lipinski definition) is 5. The Balaban J connectivity index is 2.14. The number of amides is 1. The van der Waals surface area contributed by atoms with Crippen LogP contribution in [0, 0.1) is 0 Å². The van der Waals surface area contributed by atoms with E-state index in [1.165, 1.54) is 11.3 Å². The molecule has 5 nitrogen and oxygen atoms in total. The second-order valence-corrected chi connectivity index (χ2v) is 5.74. The van der Waals surface area contributed by atoms with Crippen LogP contribution in [0.1, 0.15) is 9.67 Å². The molecule has 3 rings (SSSR count). The van der Waals surface area contributed by atoms with Gasteiger partial charge in [-0.2, -0.15) is 0 Å². The first-order chi connectivity index (χ1) is 10.6. The Hall–Kier alpha value is -2.60. The Morgan fingerprint density at radius 2 is 2.32 bits per heavy atom. The summed E-state index contributed by atoms with van der Waals surface area (Å²) in [6, 6.07) is 7.61. The van der Waals surface area contributed by atoms with Crippen LogP contribution in [-0.2, 0) is 0 Å². The SMILES string of the molecule is C=CCNC(=O)c1sc2nc3cc(OC)ccc3cc2c1N. The number of nitrogens with two attached hydrogens (primary N) is 1. The average Bonchev–Trinajstić information content (AvgIpc) is 2.86. The lowest BCUT2D eigenvalue weighted by atomic mass is 10.1. The maximum atomic E-state index is 12.1. The van der Waals surface area contributed by atoms with E-state index < -0.39 is 0 Å². The number of carbonyl (C=O) groups excluding carboxylic acids is 1. The zero-order valence-electron chi connectivity index (χ0n) is 12.1. The summed E-state index contributed by atoms with van der Waals surface area (Å²) in [5, 5.41) is 4.49. The lowest BCUT2D eigenvalue weighted by molar-refractivity contribution is 0.0963. The number of benzene rings is 1. The first-order valence-corrected chi connectivity index (χ1v) is 7.51. The third-order valence-electron chi connectivity index (χ3n) is 3.34. The van der Waals surface area contributed by atoms with Crippen LogP contribution in [0.2, 0.25) is 0 Å². The van der Waals surface area contributed by atoms with Gasteiger partial charge in [-0.25, -0.2) is 4.98 Å². The molecule has 112 valence electrons. The lowest BCUT2D eigenvalue weighted by Gasteiger charge is -2.02. The highest BCUT2D eigenvalue weighted by atomic mass is 32.1. The molecule has 0 bridgehead atoms. The number of rotatable bonds is 4. The molecule has 0 aliphatic heterocycles. The molecule has 0 fully saturated rings. The smallest absolute Gasteiger partial charge is 0.263 e. The summed E-state index contributed by atoms with van der Waals surface area (Å²) in [5.74, 6) is 0.537. The van der Waals surface area contributed by atoms with Gasteiger partial charge >= 0.3 is 0 Å². The number of aromatic nitrogens is 1. The quantitative estimate of drug-likeness (QED) is 0.726. The maximum absolute atomic E-state index is 12.1. The first-order valence-electron chi connectivity index (χ1n) is 6.70. The first kappa shape index (κ1) is 14.3. The van der Waals surface area contributed by atoms with Crippen molar-refractivity contribution in [3.63, 3.8) is 0 Å². The van der Waals surface area contributed by atoms with Gasteiger partial charge in [-0.05, 0) is 18.2 Å². The second kappa shape index (κ2) is 5.65. The number of anilines is 1. The molecular weight excluding hydrogens is 298 g/mol. The molecule has 0 atom stereocenters. The molecule has 2 heterocycles. The fourth-order valence-electron chi connectivity index (χ4n) is 2.21. The fraction of sp³-hybridized carbons (Fsp3) is 0.125. The standard InChI is InChI=1S/C16H15N3O2S/c1-3-6-18-15(20)14-13(17)11-7-9-4-5-10(21-2)8-12(9)19-16(11)22-14/h3-5,7-8H,1,6,17H2,2H3,(H,18,20). The van der Waals surface area contributed by atoms with E-state index >= 15 is 0 Å². The Morgan fingerprint density at radius 1 is 1.50 bits per heavy atom. The van der Waals surface area contributed by atoms with Crippen LogP contribution in [0.4, 0.5) is 5.69 Å². The molecular formula is C16H15N3O2S. The summed E-state index contributed by atoms with van der Waals surface area (Å²) < 4.78 is 5.21. The highest BCUT2D eigenvalue weighted by Crippen LogP contribution is 2.35. The van der Waals surface area contributed by atoms with Gasteiger partial charge in [-0.15, -0.1) is 17.9 Å². The molecule has 0 saturated carbocycles. The van der Waals surface area contributed by atoms with Gasteiger partial charge in [0, 0.05) is 23.4 Å². The van der Waals surface area contributed by atoms with E-state index in [9.17, 15) is 4.79 Å². The average molecular weight is 313 g/mol. The monoisotopic (exact) mass is 313 g/mol. The number of pyridine rings is 1. The fourth-order valence-corrected chi connectivity index (χ4v) is 3.22. The highest BCUT2D eigenvalue weighted by Gasteiger charge is 2.17. The van der Waals surface area contributed by atoms with Gasteiger partial charge in [0.25, 0.3) is 5.91 Å². The van der Waals surface area contributed by atoms with Crippen molar-refractivity contribution in [3.8, 4) is 5.75 Å². The van der Waals surface area contributed by atoms with Crippen molar-refractivity contribution in [2.24, 2.45) is 0 Å². The molecule has 0 radical (unpaired) electrons. The Kier molecular flexibility index (Phi) is 3.68. The van der Waals surface area contributed by atoms with E-state index in [0.29, 0.717) is 17.1 Å². The van der Waals surface area contributed by atoms with Gasteiger partial charge in [-0.3, -0.25) is 4.79 Å². The number of nitrogens with zero attached hydrogens (tertiary/aromatic N) is 1. The third-order valence-corrected chi connectivity index (χ3v) is 4.45. The van der Waals surface area contributed by atoms with Crippen molar-refractivity contribution in [1.29, 1.82) is 0 Å². The molecule has 0 spiro atoms. The number of thiophene rings is 1. The number of ether oxygens (including phenoxy) is 1. The minimum atomic E-state index is -0.206. The van der Waals surface area contributed by atoms with Crippen molar-refractivity contribution in [1.82, 2.24) is 10.3 Å². The zero-order chi connectivity index (χ0) is 15.7. The second-order valence-electron chi connectivity index (χ2n) is 4.74. The molecule has 3 aromatic rings. The maximum Gasteiger partial charge on any atom is 0.263 e. The normalized spacial score (nSPS) is 10.8. The lowest BCUT2D eigenvalue weighted by Crippen LogP contribution is -2.22. The summed E-state index contributed by atoms with van der Waals surface area (Å²) in [6.45, 7) is 3.98. The predicted octanol–water partition coefficient (Wildman–Crippen LogP) is 2.96. The van der Waals surface area contributed by atoms with Crippen LogP contribution in [0.25, 0.3) is 21.1 Å². The van der Waals surface area contributed by atoms with E-state index in [-0.39, 0.29) is 5.91 Å². The molecule has 1 aromatic carbocycles. The van der Waals surface area contributed by atoms with Crippen LogP contribution in [0.3, 0.4) is 0 Å². The van der Waals surface area contributed by atoms with E-state index in [1.807, 2.05) is 24.3 Å². The summed E-state index contributed by atoms with van der Waals surface area (Å²) >= 11 is 1.29. The number of fused-ring (bicyclic) bond motifs is 2. The summed E-state index contributed by atoms with van der Waals surface area (Å²) in [6.07, 6.45) is 1.63. The number of methoxy groups -OCH3 is 1. The molecule has 2 aromatic heterocycles.